The molecule has 2 N–H and O–H groups in total. The van der Waals surface area contributed by atoms with E-state index in [2.05, 4.69) is 11.9 Å². The van der Waals surface area contributed by atoms with Gasteiger partial charge < -0.3 is 10.6 Å². The molecule has 4 nitrogen and oxygen atoms in total. The minimum atomic E-state index is 0. The number of carbonyl (C=O) groups is 1. The highest BCUT2D eigenvalue weighted by atomic mass is 35.5. The lowest BCUT2D eigenvalue weighted by Gasteiger charge is -2.22. The van der Waals surface area contributed by atoms with Crippen molar-refractivity contribution in [1.29, 1.82) is 0 Å². The second-order valence-corrected chi connectivity index (χ2v) is 6.15. The van der Waals surface area contributed by atoms with E-state index in [1.165, 1.54) is 0 Å². The lowest BCUT2D eigenvalue weighted by molar-refractivity contribution is -0.131. The van der Waals surface area contributed by atoms with Crippen LogP contribution in [0.15, 0.2) is 35.7 Å². The Kier molecular flexibility index (Phi) is 11.7. The van der Waals surface area contributed by atoms with E-state index in [1.807, 2.05) is 40.6 Å². The predicted octanol–water partition coefficient (Wildman–Crippen LogP) is 3.47. The molecule has 0 saturated heterocycles. The molecule has 24 heavy (non-hydrogen) atoms. The second-order valence-electron chi connectivity index (χ2n) is 5.21. The maximum atomic E-state index is 12.6. The van der Waals surface area contributed by atoms with Gasteiger partial charge >= 0.3 is 0 Å². The van der Waals surface area contributed by atoms with Crippen molar-refractivity contribution in [2.24, 2.45) is 5.73 Å². The van der Waals surface area contributed by atoms with Gasteiger partial charge in [0.15, 0.2) is 0 Å². The van der Waals surface area contributed by atoms with E-state index in [9.17, 15) is 4.79 Å². The summed E-state index contributed by atoms with van der Waals surface area (Å²) in [5.41, 5.74) is 7.61. The first kappa shape index (κ1) is 22.9. The lowest BCUT2D eigenvalue weighted by atomic mass is 10.2. The highest BCUT2D eigenvalue weighted by molar-refractivity contribution is 7.09. The number of hydrogen-bond acceptors (Lipinski definition) is 4. The average molecular weight is 390 g/mol. The summed E-state index contributed by atoms with van der Waals surface area (Å²) in [7, 11) is 0. The molecule has 134 valence electrons. The SMILES string of the molecule is CCc1nc(CC(=O)N(CCCN)Cc2ccccc2)cs1.Cl.Cl. The van der Waals surface area contributed by atoms with E-state index in [-0.39, 0.29) is 30.7 Å². The number of rotatable bonds is 8. The number of aromatic nitrogens is 1. The maximum absolute atomic E-state index is 12.6. The fraction of sp³-hybridized carbons (Fsp3) is 0.412. The number of benzene rings is 1. The maximum Gasteiger partial charge on any atom is 0.228 e. The number of amides is 1. The van der Waals surface area contributed by atoms with Crippen LogP contribution in [-0.4, -0.2) is 28.9 Å². The Hall–Kier alpha value is -1.14. The van der Waals surface area contributed by atoms with E-state index in [0.29, 0.717) is 26.1 Å². The third-order valence-corrected chi connectivity index (χ3v) is 4.48. The van der Waals surface area contributed by atoms with Gasteiger partial charge in [-0.25, -0.2) is 4.98 Å². The van der Waals surface area contributed by atoms with Gasteiger partial charge in [0.1, 0.15) is 0 Å². The summed E-state index contributed by atoms with van der Waals surface area (Å²) in [5.74, 6) is 0.116. The minimum Gasteiger partial charge on any atom is -0.338 e. The molecular formula is C17H25Cl2N3OS. The molecule has 1 heterocycles. The molecule has 0 atom stereocenters. The van der Waals surface area contributed by atoms with Gasteiger partial charge in [-0.2, -0.15) is 0 Å². The second kappa shape index (κ2) is 12.3. The topological polar surface area (TPSA) is 59.2 Å². The van der Waals surface area contributed by atoms with Gasteiger partial charge in [0.05, 0.1) is 17.1 Å². The zero-order valence-electron chi connectivity index (χ0n) is 13.8. The van der Waals surface area contributed by atoms with E-state index in [1.54, 1.807) is 11.3 Å². The number of nitrogens with zero attached hydrogens (tertiary/aromatic N) is 2. The lowest BCUT2D eigenvalue weighted by Crippen LogP contribution is -2.33. The third kappa shape index (κ3) is 7.18. The molecule has 1 aromatic carbocycles. The van der Waals surface area contributed by atoms with Gasteiger partial charge in [-0.1, -0.05) is 37.3 Å². The molecular weight excluding hydrogens is 365 g/mol. The van der Waals surface area contributed by atoms with Crippen molar-refractivity contribution in [2.75, 3.05) is 13.1 Å². The Balaban J connectivity index is 0.00000264. The molecule has 0 aliphatic heterocycles. The van der Waals surface area contributed by atoms with Gasteiger partial charge in [0, 0.05) is 18.5 Å². The van der Waals surface area contributed by atoms with Crippen LogP contribution in [0.1, 0.15) is 29.6 Å². The smallest absolute Gasteiger partial charge is 0.228 e. The number of carbonyl (C=O) groups excluding carboxylic acids is 1. The van der Waals surface area contributed by atoms with Crippen molar-refractivity contribution < 1.29 is 4.79 Å². The first-order chi connectivity index (χ1) is 10.7. The predicted molar refractivity (Wildman–Crippen MR) is 105 cm³/mol. The summed E-state index contributed by atoms with van der Waals surface area (Å²) in [4.78, 5) is 18.9. The summed E-state index contributed by atoms with van der Waals surface area (Å²) in [6, 6.07) is 10.1. The molecule has 1 aromatic heterocycles. The van der Waals surface area contributed by atoms with Crippen molar-refractivity contribution in [3.8, 4) is 0 Å². The summed E-state index contributed by atoms with van der Waals surface area (Å²) < 4.78 is 0. The normalized spacial score (nSPS) is 9.75. The number of aryl methyl sites for hydroxylation is 1. The van der Waals surface area contributed by atoms with E-state index in [4.69, 9.17) is 5.73 Å². The Labute approximate surface area is 160 Å². The van der Waals surface area contributed by atoms with Crippen LogP contribution in [-0.2, 0) is 24.2 Å². The highest BCUT2D eigenvalue weighted by Crippen LogP contribution is 2.13. The van der Waals surface area contributed by atoms with Crippen LogP contribution < -0.4 is 5.73 Å². The van der Waals surface area contributed by atoms with Crippen molar-refractivity contribution >= 4 is 42.1 Å². The molecule has 0 spiro atoms. The van der Waals surface area contributed by atoms with Crippen LogP contribution in [0.4, 0.5) is 0 Å². The highest BCUT2D eigenvalue weighted by Gasteiger charge is 2.15. The van der Waals surface area contributed by atoms with E-state index in [0.717, 1.165) is 29.1 Å². The zero-order chi connectivity index (χ0) is 15.8. The molecule has 1 amide bonds. The summed E-state index contributed by atoms with van der Waals surface area (Å²) in [6.07, 6.45) is 2.10. The Bertz CT molecular complexity index is 593. The molecule has 0 fully saturated rings. The summed E-state index contributed by atoms with van der Waals surface area (Å²) >= 11 is 1.62. The minimum absolute atomic E-state index is 0. The Morgan fingerprint density at radius 3 is 2.54 bits per heavy atom. The van der Waals surface area contributed by atoms with Gasteiger partial charge in [0.25, 0.3) is 0 Å². The van der Waals surface area contributed by atoms with Gasteiger partial charge in [-0.05, 0) is 24.9 Å². The average Bonchev–Trinajstić information content (AvgIpc) is 3.00. The molecule has 0 radical (unpaired) electrons. The van der Waals surface area contributed by atoms with Crippen LogP contribution >= 0.6 is 36.2 Å². The molecule has 0 bridgehead atoms. The fourth-order valence-corrected chi connectivity index (χ4v) is 2.98. The number of nitrogens with two attached hydrogens (primary N) is 1. The van der Waals surface area contributed by atoms with Crippen LogP contribution in [0.25, 0.3) is 0 Å². The van der Waals surface area contributed by atoms with Crippen molar-refractivity contribution in [3.63, 3.8) is 0 Å². The first-order valence-electron chi connectivity index (χ1n) is 7.68. The first-order valence-corrected chi connectivity index (χ1v) is 8.56. The van der Waals surface area contributed by atoms with Crippen LogP contribution in [0.2, 0.25) is 0 Å². The van der Waals surface area contributed by atoms with Crippen molar-refractivity contribution in [2.45, 2.75) is 32.7 Å². The van der Waals surface area contributed by atoms with Gasteiger partial charge in [-0.3, -0.25) is 4.79 Å². The third-order valence-electron chi connectivity index (χ3n) is 3.44. The van der Waals surface area contributed by atoms with Gasteiger partial charge in [0.2, 0.25) is 5.91 Å². The van der Waals surface area contributed by atoms with Crippen LogP contribution in [0, 0.1) is 0 Å². The molecule has 0 aliphatic carbocycles. The zero-order valence-corrected chi connectivity index (χ0v) is 16.3. The van der Waals surface area contributed by atoms with Crippen LogP contribution in [0.3, 0.4) is 0 Å². The molecule has 7 heteroatoms. The molecule has 2 rings (SSSR count). The standard InChI is InChI=1S/C17H23N3OS.2ClH/c1-2-16-19-15(13-22-16)11-17(21)20(10-6-9-18)12-14-7-4-3-5-8-14;;/h3-5,7-8,13H,2,6,9-12,18H2,1H3;2*1H. The number of halogens is 2. The molecule has 2 aromatic rings. The Morgan fingerprint density at radius 2 is 1.96 bits per heavy atom. The number of thiazole rings is 1. The van der Waals surface area contributed by atoms with E-state index < -0.39 is 0 Å². The largest absolute Gasteiger partial charge is 0.338 e. The molecule has 0 saturated carbocycles. The van der Waals surface area contributed by atoms with Crippen LogP contribution in [0.5, 0.6) is 0 Å². The van der Waals surface area contributed by atoms with E-state index >= 15 is 0 Å². The quantitative estimate of drug-likeness (QED) is 0.751. The molecule has 0 aliphatic rings. The van der Waals surface area contributed by atoms with Crippen molar-refractivity contribution in [3.05, 3.63) is 52.0 Å². The molecule has 0 unspecified atom stereocenters. The van der Waals surface area contributed by atoms with Crippen molar-refractivity contribution in [1.82, 2.24) is 9.88 Å². The Morgan fingerprint density at radius 1 is 1.25 bits per heavy atom. The summed E-state index contributed by atoms with van der Waals surface area (Å²) in [6.45, 7) is 3.99. The number of hydrogen-bond donors (Lipinski definition) is 1. The fourth-order valence-electron chi connectivity index (χ4n) is 2.24. The summed E-state index contributed by atoms with van der Waals surface area (Å²) in [5, 5.41) is 3.07. The monoisotopic (exact) mass is 389 g/mol. The van der Waals surface area contributed by atoms with Gasteiger partial charge in [-0.15, -0.1) is 36.2 Å².